The summed E-state index contributed by atoms with van der Waals surface area (Å²) in [4.78, 5) is 20.7. The molecule has 0 aromatic rings. The zero-order valence-corrected chi connectivity index (χ0v) is 16.8. The van der Waals surface area contributed by atoms with Gasteiger partial charge in [0, 0.05) is 11.9 Å². The summed E-state index contributed by atoms with van der Waals surface area (Å²) in [6, 6.07) is 0. The van der Waals surface area contributed by atoms with Crippen LogP contribution in [0.5, 0.6) is 0 Å². The van der Waals surface area contributed by atoms with Gasteiger partial charge in [-0.05, 0) is 37.5 Å². The summed E-state index contributed by atoms with van der Waals surface area (Å²) in [6.45, 7) is 7.89. The maximum Gasteiger partial charge on any atom is 4.00 e. The molecule has 0 aliphatic heterocycles. The fourth-order valence-electron chi connectivity index (χ4n) is 1.88. The molecule has 0 rings (SSSR count). The Bertz CT molecular complexity index is 240. The third kappa shape index (κ3) is 15.9. The Hall–Kier alpha value is -0.261. The molecule has 0 heterocycles. The van der Waals surface area contributed by atoms with Crippen LogP contribution in [-0.2, 0) is 9.59 Å². The van der Waals surface area contributed by atoms with Crippen molar-refractivity contribution < 1.29 is 22.7 Å². The summed E-state index contributed by atoms with van der Waals surface area (Å²) < 4.78 is 0. The normalized spacial score (nSPS) is 12.4. The van der Waals surface area contributed by atoms with Gasteiger partial charge in [-0.15, -0.1) is 0 Å². The fraction of sp³-hybridized carbons (Fsp3) is 0.875. The van der Waals surface area contributed by atoms with Crippen molar-refractivity contribution in [2.75, 3.05) is 0 Å². The third-order valence-corrected chi connectivity index (χ3v) is 3.46. The van der Waals surface area contributed by atoms with Gasteiger partial charge in [-0.1, -0.05) is 53.4 Å². The maximum atomic E-state index is 10.3. The van der Waals surface area contributed by atoms with E-state index in [1.807, 2.05) is 13.8 Å². The molecular weight excluding hydrogens is 375 g/mol. The minimum Gasteiger partial charge on any atom is -1.00 e. The van der Waals surface area contributed by atoms with Crippen LogP contribution in [0.15, 0.2) is 0 Å². The van der Waals surface area contributed by atoms with Crippen molar-refractivity contribution in [2.24, 2.45) is 11.8 Å². The van der Waals surface area contributed by atoms with Crippen molar-refractivity contribution >= 4 is 35.8 Å². The van der Waals surface area contributed by atoms with Crippen molar-refractivity contribution in [3.8, 4) is 0 Å². The third-order valence-electron chi connectivity index (χ3n) is 3.46. The van der Waals surface area contributed by atoms with Gasteiger partial charge in [0.15, 0.2) is 0 Å². The quantitative estimate of drug-likeness (QED) is 0.517. The van der Waals surface area contributed by atoms with Crippen LogP contribution >= 0.6 is 0 Å². The summed E-state index contributed by atoms with van der Waals surface area (Å²) in [5.74, 6) is -2.23. The molecule has 2 atom stereocenters. The summed E-state index contributed by atoms with van der Waals surface area (Å²) in [6.07, 6.45) is 7.04. The Morgan fingerprint density at radius 3 is 1.24 bits per heavy atom. The van der Waals surface area contributed by atoms with E-state index in [1.54, 1.807) is 0 Å². The van der Waals surface area contributed by atoms with E-state index in [0.717, 1.165) is 38.5 Å². The summed E-state index contributed by atoms with van der Waals surface area (Å²) >= 11 is 0. The molecule has 0 aromatic heterocycles. The van der Waals surface area contributed by atoms with Crippen molar-refractivity contribution in [1.82, 2.24) is 0 Å². The number of carboxylic acid groups (broad SMARTS) is 2. The van der Waals surface area contributed by atoms with E-state index in [0.29, 0.717) is 12.8 Å². The molecule has 21 heavy (non-hydrogen) atoms. The minimum absolute atomic E-state index is 0. The van der Waals surface area contributed by atoms with Crippen molar-refractivity contribution in [3.05, 3.63) is 0 Å². The van der Waals surface area contributed by atoms with Gasteiger partial charge in [0.2, 0.25) is 0 Å². The molecule has 2 unspecified atom stereocenters. The zero-order chi connectivity index (χ0) is 16.0. The van der Waals surface area contributed by atoms with Crippen molar-refractivity contribution in [3.63, 3.8) is 0 Å². The van der Waals surface area contributed by atoms with Crippen molar-refractivity contribution in [2.45, 2.75) is 79.1 Å². The van der Waals surface area contributed by atoms with Crippen LogP contribution in [0.25, 0.3) is 0 Å². The Balaban J connectivity index is -0.0000000831. The van der Waals surface area contributed by atoms with Crippen LogP contribution in [0.1, 0.15) is 81.9 Å². The summed E-state index contributed by atoms with van der Waals surface area (Å²) in [5.41, 5.74) is 0. The number of carbonyl (C=O) groups is 2. The number of rotatable bonds is 10. The molecule has 0 amide bonds. The van der Waals surface area contributed by atoms with E-state index in [4.69, 9.17) is 0 Å². The van der Waals surface area contributed by atoms with Gasteiger partial charge in [0.25, 0.3) is 0 Å². The standard InChI is InChI=1S/2C8H16O2.Sn.2H/c2*1-3-5-6-7(4-2)8(9)10;;;/h2*7H,3-6H2,1-2H3,(H,9,10);;;/q;;+4;2*-1/p-2. The average molecular weight is 407 g/mol. The predicted molar refractivity (Wildman–Crippen MR) is 84.6 cm³/mol. The summed E-state index contributed by atoms with van der Waals surface area (Å²) in [7, 11) is 0. The van der Waals surface area contributed by atoms with Crippen LogP contribution in [-0.4, -0.2) is 35.8 Å². The van der Waals surface area contributed by atoms with Gasteiger partial charge in [-0.25, -0.2) is 0 Å². The van der Waals surface area contributed by atoms with Crippen LogP contribution in [0.4, 0.5) is 0 Å². The number of unbranched alkanes of at least 4 members (excludes halogenated alkanes) is 2. The Kier molecular flexibility index (Phi) is 21.8. The number of hydrogen-bond donors (Lipinski definition) is 0. The van der Waals surface area contributed by atoms with Gasteiger partial charge >= 0.3 is 23.9 Å². The number of carbonyl (C=O) groups excluding carboxylic acids is 2. The van der Waals surface area contributed by atoms with E-state index in [1.165, 1.54) is 0 Å². The fourth-order valence-corrected chi connectivity index (χ4v) is 1.88. The molecule has 124 valence electrons. The Labute approximate surface area is 149 Å². The molecular formula is C16H32O4Sn. The molecule has 0 fully saturated rings. The van der Waals surface area contributed by atoms with Crippen LogP contribution in [0, 0.1) is 11.8 Å². The van der Waals surface area contributed by atoms with Gasteiger partial charge in [-0.2, -0.15) is 0 Å². The Morgan fingerprint density at radius 1 is 0.810 bits per heavy atom. The molecule has 0 spiro atoms. The van der Waals surface area contributed by atoms with Crippen LogP contribution < -0.4 is 10.2 Å². The van der Waals surface area contributed by atoms with Gasteiger partial charge < -0.3 is 22.7 Å². The molecule has 0 radical (unpaired) electrons. The second-order valence-corrected chi connectivity index (χ2v) is 5.13. The van der Waals surface area contributed by atoms with E-state index in [-0.39, 0.29) is 38.6 Å². The monoisotopic (exact) mass is 408 g/mol. The largest absolute Gasteiger partial charge is 4.00 e. The molecule has 5 heteroatoms. The van der Waals surface area contributed by atoms with E-state index < -0.39 is 11.9 Å². The van der Waals surface area contributed by atoms with Gasteiger partial charge in [0.1, 0.15) is 0 Å². The van der Waals surface area contributed by atoms with Crippen LogP contribution in [0.3, 0.4) is 0 Å². The maximum absolute atomic E-state index is 10.3. The molecule has 0 aliphatic rings. The van der Waals surface area contributed by atoms with E-state index in [9.17, 15) is 19.8 Å². The van der Waals surface area contributed by atoms with Crippen LogP contribution in [0.2, 0.25) is 0 Å². The van der Waals surface area contributed by atoms with Crippen molar-refractivity contribution in [1.29, 1.82) is 0 Å². The van der Waals surface area contributed by atoms with E-state index >= 15 is 0 Å². The van der Waals surface area contributed by atoms with Gasteiger partial charge in [-0.3, -0.25) is 0 Å². The molecule has 0 bridgehead atoms. The predicted octanol–water partition coefficient (Wildman–Crippen LogP) is 1.75. The second-order valence-electron chi connectivity index (χ2n) is 5.13. The first kappa shape index (κ1) is 25.7. The second kappa shape index (κ2) is 17.8. The average Bonchev–Trinajstić information content (AvgIpc) is 2.40. The minimum atomic E-state index is -0.893. The van der Waals surface area contributed by atoms with E-state index in [2.05, 4.69) is 13.8 Å². The first-order valence-electron chi connectivity index (χ1n) is 7.86. The Morgan fingerprint density at radius 2 is 1.10 bits per heavy atom. The topological polar surface area (TPSA) is 80.3 Å². The number of aliphatic carboxylic acids is 2. The zero-order valence-electron chi connectivity index (χ0n) is 15.9. The smallest absolute Gasteiger partial charge is 1.00 e. The SMILES string of the molecule is CCCCC(CC)C(=O)[O-].CCCCC(CC)C(=O)[O-].[H-].[H-].[Sn+4]. The molecule has 0 N–H and O–H groups in total. The molecule has 0 saturated heterocycles. The number of hydrogen-bond acceptors (Lipinski definition) is 4. The summed E-state index contributed by atoms with van der Waals surface area (Å²) in [5, 5.41) is 20.7. The molecule has 0 saturated carbocycles. The first-order chi connectivity index (χ1) is 9.44. The molecule has 0 aromatic carbocycles. The molecule has 0 aliphatic carbocycles. The van der Waals surface area contributed by atoms with Gasteiger partial charge in [0.05, 0.1) is 0 Å². The first-order valence-corrected chi connectivity index (χ1v) is 7.86. The number of carboxylic acids is 2. The molecule has 4 nitrogen and oxygen atoms in total.